The number of nitrogens with zero attached hydrogens (tertiary/aromatic N) is 5. The van der Waals surface area contributed by atoms with Gasteiger partial charge in [0.25, 0.3) is 0 Å². The monoisotopic (exact) mass is 467 g/mol. The van der Waals surface area contributed by atoms with Crippen LogP contribution in [0.25, 0.3) is 28.7 Å². The maximum Gasteiger partial charge on any atom is 0.353 e. The van der Waals surface area contributed by atoms with Crippen LogP contribution in [0.4, 0.5) is 8.78 Å². The summed E-state index contributed by atoms with van der Waals surface area (Å²) in [6.07, 6.45) is 7.19. The van der Waals surface area contributed by atoms with Gasteiger partial charge in [-0.2, -0.15) is 9.97 Å². The summed E-state index contributed by atoms with van der Waals surface area (Å²) >= 11 is 5.65. The highest BCUT2D eigenvalue weighted by Gasteiger charge is 2.29. The minimum Gasteiger partial charge on any atom is -0.432 e. The van der Waals surface area contributed by atoms with E-state index in [1.54, 1.807) is 24.5 Å². The molecule has 0 aliphatic heterocycles. The molecule has 0 unspecified atom stereocenters. The number of hydrogen-bond acceptors (Lipinski definition) is 6. The smallest absolute Gasteiger partial charge is 0.353 e. The number of halogens is 3. The third-order valence-corrected chi connectivity index (χ3v) is 6.10. The largest absolute Gasteiger partial charge is 0.432 e. The van der Waals surface area contributed by atoms with E-state index in [9.17, 15) is 13.6 Å². The fraction of sp³-hybridized carbons (Fsp3) is 0.261. The average Bonchev–Trinajstić information content (AvgIpc) is 3.74. The fourth-order valence-corrected chi connectivity index (χ4v) is 3.78. The maximum atomic E-state index is 14.2. The van der Waals surface area contributed by atoms with Crippen LogP contribution in [0.5, 0.6) is 0 Å². The molecule has 0 spiro atoms. The number of rotatable bonds is 5. The Labute approximate surface area is 191 Å². The van der Waals surface area contributed by atoms with Gasteiger partial charge < -0.3 is 4.42 Å². The zero-order chi connectivity index (χ0) is 22.7. The lowest BCUT2D eigenvalue weighted by Gasteiger charge is -2.06. The molecule has 33 heavy (non-hydrogen) atoms. The average molecular weight is 468 g/mol. The molecule has 0 saturated heterocycles. The van der Waals surface area contributed by atoms with Gasteiger partial charge in [0.2, 0.25) is 5.89 Å². The summed E-state index contributed by atoms with van der Waals surface area (Å²) in [6, 6.07) is 5.44. The highest BCUT2D eigenvalue weighted by atomic mass is 35.5. The molecule has 0 radical (unpaired) electrons. The molecule has 3 heterocycles. The van der Waals surface area contributed by atoms with Crippen LogP contribution in [0.15, 0.2) is 45.9 Å². The Morgan fingerprint density at radius 3 is 2.39 bits per heavy atom. The normalized spacial score (nSPS) is 15.7. The van der Waals surface area contributed by atoms with Crippen molar-refractivity contribution in [1.82, 2.24) is 24.5 Å². The SMILES string of the molecule is O=c1nc(C2CC2)ccn1-c1nc(-c2ccnc(C3CC3)n2)oc1-c1cc(F)c(Cl)c(F)c1. The van der Waals surface area contributed by atoms with E-state index < -0.39 is 22.3 Å². The number of aromatic nitrogens is 5. The summed E-state index contributed by atoms with van der Waals surface area (Å²) in [5, 5.41) is -0.627. The molecule has 3 aromatic heterocycles. The third-order valence-electron chi connectivity index (χ3n) is 5.74. The molecule has 0 amide bonds. The van der Waals surface area contributed by atoms with Gasteiger partial charge in [-0.05, 0) is 49.9 Å². The number of hydrogen-bond donors (Lipinski definition) is 0. The first-order chi connectivity index (χ1) is 16.0. The lowest BCUT2D eigenvalue weighted by Crippen LogP contribution is -2.22. The number of benzene rings is 1. The zero-order valence-corrected chi connectivity index (χ0v) is 17.9. The number of oxazole rings is 1. The zero-order valence-electron chi connectivity index (χ0n) is 17.1. The third kappa shape index (κ3) is 3.72. The summed E-state index contributed by atoms with van der Waals surface area (Å²) < 4.78 is 35.6. The van der Waals surface area contributed by atoms with Gasteiger partial charge in [0.15, 0.2) is 11.6 Å². The van der Waals surface area contributed by atoms with Crippen molar-refractivity contribution in [2.75, 3.05) is 0 Å². The molecule has 2 aliphatic rings. The molecule has 2 aliphatic carbocycles. The lowest BCUT2D eigenvalue weighted by atomic mass is 10.1. The Morgan fingerprint density at radius 2 is 1.73 bits per heavy atom. The first-order valence-electron chi connectivity index (χ1n) is 10.6. The van der Waals surface area contributed by atoms with Gasteiger partial charge in [-0.15, -0.1) is 0 Å². The van der Waals surface area contributed by atoms with Crippen LogP contribution in [-0.2, 0) is 0 Å². The summed E-state index contributed by atoms with van der Waals surface area (Å²) in [7, 11) is 0. The first kappa shape index (κ1) is 20.2. The summed E-state index contributed by atoms with van der Waals surface area (Å²) in [4.78, 5) is 30.3. The Balaban J connectivity index is 1.53. The van der Waals surface area contributed by atoms with E-state index in [0.717, 1.165) is 43.5 Å². The molecule has 7 nitrogen and oxygen atoms in total. The van der Waals surface area contributed by atoms with Crippen LogP contribution in [-0.4, -0.2) is 24.5 Å². The highest BCUT2D eigenvalue weighted by Crippen LogP contribution is 2.40. The Morgan fingerprint density at radius 1 is 1.00 bits per heavy atom. The quantitative estimate of drug-likeness (QED) is 0.382. The summed E-state index contributed by atoms with van der Waals surface area (Å²) in [6.45, 7) is 0. The second-order valence-corrected chi connectivity index (χ2v) is 8.66. The van der Waals surface area contributed by atoms with Crippen LogP contribution in [0, 0.1) is 11.6 Å². The molecule has 0 atom stereocenters. The summed E-state index contributed by atoms with van der Waals surface area (Å²) in [5.74, 6) is -0.484. The first-order valence-corrected chi connectivity index (χ1v) is 10.9. The topological polar surface area (TPSA) is 86.7 Å². The van der Waals surface area contributed by atoms with Crippen molar-refractivity contribution >= 4 is 11.6 Å². The van der Waals surface area contributed by atoms with Gasteiger partial charge >= 0.3 is 5.69 Å². The molecule has 4 aromatic rings. The Bertz CT molecular complexity index is 1440. The molecular weight excluding hydrogens is 452 g/mol. The van der Waals surface area contributed by atoms with Crippen molar-refractivity contribution in [3.8, 4) is 28.7 Å². The second-order valence-electron chi connectivity index (χ2n) is 8.28. The van der Waals surface area contributed by atoms with Crippen LogP contribution < -0.4 is 5.69 Å². The predicted molar refractivity (Wildman–Crippen MR) is 115 cm³/mol. The molecule has 2 fully saturated rings. The maximum absolute atomic E-state index is 14.2. The van der Waals surface area contributed by atoms with Crippen LogP contribution in [0.3, 0.4) is 0 Å². The molecule has 1 aromatic carbocycles. The van der Waals surface area contributed by atoms with Gasteiger partial charge in [-0.3, -0.25) is 0 Å². The molecule has 0 N–H and O–H groups in total. The highest BCUT2D eigenvalue weighted by molar-refractivity contribution is 6.31. The molecule has 10 heteroatoms. The Kier molecular flexibility index (Phi) is 4.62. The van der Waals surface area contributed by atoms with Crippen LogP contribution >= 0.6 is 11.6 Å². The molecule has 166 valence electrons. The second kappa shape index (κ2) is 7.55. The van der Waals surface area contributed by atoms with E-state index in [0.29, 0.717) is 23.4 Å². The van der Waals surface area contributed by atoms with Crippen molar-refractivity contribution in [3.63, 3.8) is 0 Å². The molecule has 2 saturated carbocycles. The van der Waals surface area contributed by atoms with Gasteiger partial charge in [0.1, 0.15) is 28.2 Å². The van der Waals surface area contributed by atoms with E-state index in [-0.39, 0.29) is 23.0 Å². The molecule has 0 bridgehead atoms. The predicted octanol–water partition coefficient (Wildman–Crippen LogP) is 5.03. The fourth-order valence-electron chi connectivity index (χ4n) is 3.67. The van der Waals surface area contributed by atoms with Gasteiger partial charge in [0, 0.05) is 29.8 Å². The van der Waals surface area contributed by atoms with Gasteiger partial charge in [-0.1, -0.05) is 11.6 Å². The van der Waals surface area contributed by atoms with Crippen molar-refractivity contribution < 1.29 is 13.2 Å². The van der Waals surface area contributed by atoms with E-state index in [1.807, 2.05) is 0 Å². The van der Waals surface area contributed by atoms with E-state index in [1.165, 1.54) is 4.57 Å². The lowest BCUT2D eigenvalue weighted by molar-refractivity contribution is 0.570. The Hall–Kier alpha value is -3.46. The van der Waals surface area contributed by atoms with Crippen molar-refractivity contribution in [2.45, 2.75) is 37.5 Å². The van der Waals surface area contributed by atoms with Crippen LogP contribution in [0.2, 0.25) is 5.02 Å². The van der Waals surface area contributed by atoms with Crippen molar-refractivity contribution in [2.24, 2.45) is 0 Å². The van der Waals surface area contributed by atoms with E-state index >= 15 is 0 Å². The summed E-state index contributed by atoms with van der Waals surface area (Å²) in [5.41, 5.74) is 0.606. The van der Waals surface area contributed by atoms with Crippen molar-refractivity contribution in [1.29, 1.82) is 0 Å². The van der Waals surface area contributed by atoms with Gasteiger partial charge in [-0.25, -0.2) is 28.1 Å². The van der Waals surface area contributed by atoms with Crippen LogP contribution in [0.1, 0.15) is 49.0 Å². The standard InChI is InChI=1S/C23H16ClF2N5O2/c24-18-14(25)9-13(10-15(18)26)19-21(31-8-6-16(11-1-2-11)29-23(31)32)30-22(33-19)17-5-7-27-20(28-17)12-3-4-12/h5-12H,1-4H2. The minimum absolute atomic E-state index is 0.00544. The van der Waals surface area contributed by atoms with Crippen molar-refractivity contribution in [3.05, 3.63) is 75.3 Å². The molecule has 6 rings (SSSR count). The van der Waals surface area contributed by atoms with E-state index in [4.69, 9.17) is 16.0 Å². The van der Waals surface area contributed by atoms with E-state index in [2.05, 4.69) is 19.9 Å². The molecular formula is C23H16ClF2N5O2. The minimum atomic E-state index is -0.955. The van der Waals surface area contributed by atoms with Gasteiger partial charge in [0.05, 0.1) is 5.69 Å².